The van der Waals surface area contributed by atoms with Crippen molar-refractivity contribution in [2.75, 3.05) is 6.54 Å². The molecule has 4 fully saturated rings. The molecule has 4 saturated carbocycles. The van der Waals surface area contributed by atoms with Crippen LogP contribution in [0.5, 0.6) is 0 Å². The van der Waals surface area contributed by atoms with Crippen LogP contribution in [-0.2, 0) is 11.2 Å². The molecule has 1 amide bonds. The van der Waals surface area contributed by atoms with Crippen LogP contribution in [0.2, 0.25) is 0 Å². The molecule has 2 N–H and O–H groups in total. The summed E-state index contributed by atoms with van der Waals surface area (Å²) in [5, 5.41) is 3.16. The van der Waals surface area contributed by atoms with E-state index in [1.54, 1.807) is 6.33 Å². The Morgan fingerprint density at radius 1 is 1.20 bits per heavy atom. The van der Waals surface area contributed by atoms with E-state index in [0.29, 0.717) is 23.7 Å². The van der Waals surface area contributed by atoms with Crippen molar-refractivity contribution in [2.45, 2.75) is 38.5 Å². The van der Waals surface area contributed by atoms with Gasteiger partial charge in [0.1, 0.15) is 0 Å². The van der Waals surface area contributed by atoms with Crippen LogP contribution in [0.3, 0.4) is 0 Å². The smallest absolute Gasteiger partial charge is 0.223 e. The molecule has 20 heavy (non-hydrogen) atoms. The third-order valence-electron chi connectivity index (χ3n) is 5.78. The van der Waals surface area contributed by atoms with E-state index in [1.165, 1.54) is 32.1 Å². The van der Waals surface area contributed by atoms with Gasteiger partial charge in [-0.15, -0.1) is 0 Å². The van der Waals surface area contributed by atoms with Crippen LogP contribution in [0.1, 0.15) is 37.8 Å². The molecule has 0 radical (unpaired) electrons. The van der Waals surface area contributed by atoms with E-state index < -0.39 is 0 Å². The third-order valence-corrected chi connectivity index (χ3v) is 5.78. The Balaban J connectivity index is 1.34. The highest BCUT2D eigenvalue weighted by Crippen LogP contribution is 2.56. The second-order valence-electron chi connectivity index (χ2n) is 7.07. The first kappa shape index (κ1) is 12.4. The molecular formula is C16H23N3O. The maximum atomic E-state index is 12.5. The quantitative estimate of drug-likeness (QED) is 0.883. The monoisotopic (exact) mass is 273 g/mol. The van der Waals surface area contributed by atoms with E-state index in [1.807, 2.05) is 6.20 Å². The molecule has 0 spiro atoms. The first-order valence-electron chi connectivity index (χ1n) is 8.04. The van der Waals surface area contributed by atoms with Gasteiger partial charge in [0.05, 0.1) is 6.33 Å². The van der Waals surface area contributed by atoms with Crippen molar-refractivity contribution < 1.29 is 4.79 Å². The molecule has 4 heteroatoms. The van der Waals surface area contributed by atoms with Crippen LogP contribution < -0.4 is 5.32 Å². The Morgan fingerprint density at radius 2 is 1.90 bits per heavy atom. The van der Waals surface area contributed by atoms with Crippen molar-refractivity contribution >= 4 is 5.91 Å². The summed E-state index contributed by atoms with van der Waals surface area (Å²) in [5.41, 5.74) is 1.09. The summed E-state index contributed by atoms with van der Waals surface area (Å²) < 4.78 is 0. The topological polar surface area (TPSA) is 57.8 Å². The Kier molecular flexibility index (Phi) is 3.04. The van der Waals surface area contributed by atoms with Gasteiger partial charge in [-0.05, 0) is 55.8 Å². The Morgan fingerprint density at radius 3 is 2.50 bits per heavy atom. The summed E-state index contributed by atoms with van der Waals surface area (Å²) >= 11 is 0. The lowest BCUT2D eigenvalue weighted by Crippen LogP contribution is -2.51. The van der Waals surface area contributed by atoms with Gasteiger partial charge in [-0.1, -0.05) is 0 Å². The highest BCUT2D eigenvalue weighted by Gasteiger charge is 2.50. The molecule has 0 aliphatic heterocycles. The number of carbonyl (C=O) groups is 1. The molecule has 0 aromatic carbocycles. The lowest BCUT2D eigenvalue weighted by Gasteiger charge is -2.53. The first-order valence-corrected chi connectivity index (χ1v) is 8.04. The van der Waals surface area contributed by atoms with Crippen LogP contribution in [0.25, 0.3) is 0 Å². The van der Waals surface area contributed by atoms with Crippen LogP contribution >= 0.6 is 0 Å². The number of hydrogen-bond donors (Lipinski definition) is 2. The van der Waals surface area contributed by atoms with Crippen LogP contribution in [0.15, 0.2) is 12.5 Å². The largest absolute Gasteiger partial charge is 0.355 e. The van der Waals surface area contributed by atoms with Gasteiger partial charge in [0, 0.05) is 30.8 Å². The van der Waals surface area contributed by atoms with Crippen molar-refractivity contribution in [3.05, 3.63) is 18.2 Å². The Hall–Kier alpha value is -1.32. The molecule has 0 unspecified atom stereocenters. The lowest BCUT2D eigenvalue weighted by molar-refractivity contribution is -0.138. The van der Waals surface area contributed by atoms with Crippen LogP contribution in [-0.4, -0.2) is 22.4 Å². The molecule has 4 aliphatic rings. The van der Waals surface area contributed by atoms with E-state index in [-0.39, 0.29) is 0 Å². The van der Waals surface area contributed by atoms with Gasteiger partial charge in [-0.3, -0.25) is 4.79 Å². The second-order valence-corrected chi connectivity index (χ2v) is 7.07. The van der Waals surface area contributed by atoms with Gasteiger partial charge >= 0.3 is 0 Å². The highest BCUT2D eigenvalue weighted by molar-refractivity contribution is 5.79. The number of amides is 1. The van der Waals surface area contributed by atoms with Gasteiger partial charge in [0.25, 0.3) is 0 Å². The van der Waals surface area contributed by atoms with Gasteiger partial charge < -0.3 is 10.3 Å². The van der Waals surface area contributed by atoms with Gasteiger partial charge in [0.15, 0.2) is 0 Å². The van der Waals surface area contributed by atoms with E-state index in [0.717, 1.165) is 30.5 Å². The van der Waals surface area contributed by atoms with Gasteiger partial charge in [-0.25, -0.2) is 4.98 Å². The lowest BCUT2D eigenvalue weighted by atomic mass is 9.51. The SMILES string of the molecule is O=C(NCCc1cnc[nH]1)C1C2CC3CC(C2)CC1C3. The van der Waals surface area contributed by atoms with Crippen molar-refractivity contribution in [1.82, 2.24) is 15.3 Å². The number of nitrogens with one attached hydrogen (secondary N) is 2. The summed E-state index contributed by atoms with van der Waals surface area (Å²) in [6, 6.07) is 0. The van der Waals surface area contributed by atoms with Crippen LogP contribution in [0.4, 0.5) is 0 Å². The molecule has 1 heterocycles. The predicted molar refractivity (Wildman–Crippen MR) is 75.8 cm³/mol. The number of H-pyrrole nitrogens is 1. The number of aromatic nitrogens is 2. The first-order chi connectivity index (χ1) is 9.79. The summed E-state index contributed by atoms with van der Waals surface area (Å²) in [4.78, 5) is 19.6. The van der Waals surface area contributed by atoms with Crippen molar-refractivity contribution in [1.29, 1.82) is 0 Å². The number of imidazole rings is 1. The zero-order chi connectivity index (χ0) is 13.5. The fourth-order valence-corrected chi connectivity index (χ4v) is 5.21. The zero-order valence-electron chi connectivity index (χ0n) is 11.8. The zero-order valence-corrected chi connectivity index (χ0v) is 11.8. The minimum atomic E-state index is 0.310. The molecule has 4 nitrogen and oxygen atoms in total. The van der Waals surface area contributed by atoms with E-state index in [4.69, 9.17) is 0 Å². The summed E-state index contributed by atoms with van der Waals surface area (Å²) in [6.07, 6.45) is 11.1. The summed E-state index contributed by atoms with van der Waals surface area (Å²) in [7, 11) is 0. The number of nitrogens with zero attached hydrogens (tertiary/aromatic N) is 1. The fourth-order valence-electron chi connectivity index (χ4n) is 5.21. The number of carbonyl (C=O) groups excluding carboxylic acids is 1. The molecule has 4 bridgehead atoms. The molecule has 1 aromatic heterocycles. The second kappa shape index (κ2) is 4.90. The minimum Gasteiger partial charge on any atom is -0.355 e. The van der Waals surface area contributed by atoms with Crippen molar-refractivity contribution in [2.24, 2.45) is 29.6 Å². The molecule has 1 aromatic rings. The highest BCUT2D eigenvalue weighted by atomic mass is 16.1. The number of aromatic amines is 1. The number of hydrogen-bond acceptors (Lipinski definition) is 2. The molecular weight excluding hydrogens is 250 g/mol. The van der Waals surface area contributed by atoms with E-state index in [2.05, 4.69) is 15.3 Å². The average Bonchev–Trinajstić information content (AvgIpc) is 2.90. The molecule has 5 rings (SSSR count). The van der Waals surface area contributed by atoms with Crippen molar-refractivity contribution in [3.63, 3.8) is 0 Å². The Labute approximate surface area is 119 Å². The summed E-state index contributed by atoms with van der Waals surface area (Å²) in [6.45, 7) is 0.726. The van der Waals surface area contributed by atoms with Gasteiger partial charge in [0.2, 0.25) is 5.91 Å². The standard InChI is InChI=1S/C16H23N3O/c20-16(18-2-1-14-8-17-9-19-14)15-12-4-10-3-11(6-12)7-13(15)5-10/h8-13,15H,1-7H2,(H,17,19)(H,18,20). The predicted octanol–water partition coefficient (Wildman–Crippen LogP) is 2.14. The van der Waals surface area contributed by atoms with E-state index in [9.17, 15) is 4.79 Å². The molecule has 0 atom stereocenters. The summed E-state index contributed by atoms with van der Waals surface area (Å²) in [5.74, 6) is 3.86. The van der Waals surface area contributed by atoms with Crippen LogP contribution in [0, 0.1) is 29.6 Å². The van der Waals surface area contributed by atoms with Gasteiger partial charge in [-0.2, -0.15) is 0 Å². The van der Waals surface area contributed by atoms with E-state index >= 15 is 0 Å². The minimum absolute atomic E-state index is 0.310. The molecule has 0 saturated heterocycles. The molecule has 108 valence electrons. The fraction of sp³-hybridized carbons (Fsp3) is 0.750. The normalized spacial score (nSPS) is 38.1. The average molecular weight is 273 g/mol. The Bertz CT molecular complexity index is 454. The maximum absolute atomic E-state index is 12.5. The van der Waals surface area contributed by atoms with Crippen molar-refractivity contribution in [3.8, 4) is 0 Å². The maximum Gasteiger partial charge on any atom is 0.223 e. The number of rotatable bonds is 4. The molecule has 4 aliphatic carbocycles. The third kappa shape index (κ3) is 2.15.